The van der Waals surface area contributed by atoms with Crippen molar-refractivity contribution in [2.45, 2.75) is 19.9 Å². The zero-order valence-electron chi connectivity index (χ0n) is 11.6. The van der Waals surface area contributed by atoms with Gasteiger partial charge in [0.05, 0.1) is 6.61 Å². The predicted octanol–water partition coefficient (Wildman–Crippen LogP) is 1.30. The topological polar surface area (TPSA) is 84.9 Å². The standard InChI is InChI=1S/C14H19NO5/c1-3-19-14(18)10(2)15-8-9-20-12-7-5-4-6-11(12)13(16)17/h4-7,10,15H,3,8-9H2,1-2H3,(H,16,17). The van der Waals surface area contributed by atoms with Crippen LogP contribution in [0, 0.1) is 0 Å². The number of carbonyl (C=O) groups is 2. The number of para-hydroxylation sites is 1. The van der Waals surface area contributed by atoms with Crippen LogP contribution in [-0.4, -0.2) is 42.8 Å². The summed E-state index contributed by atoms with van der Waals surface area (Å²) >= 11 is 0. The molecule has 1 rings (SSSR count). The van der Waals surface area contributed by atoms with E-state index >= 15 is 0 Å². The molecule has 2 N–H and O–H groups in total. The lowest BCUT2D eigenvalue weighted by Gasteiger charge is -2.13. The maximum absolute atomic E-state index is 11.3. The normalized spacial score (nSPS) is 11.7. The van der Waals surface area contributed by atoms with E-state index in [0.717, 1.165) is 0 Å². The second-order valence-electron chi connectivity index (χ2n) is 4.08. The third-order valence-corrected chi connectivity index (χ3v) is 2.57. The quantitative estimate of drug-likeness (QED) is 0.552. The van der Waals surface area contributed by atoms with E-state index in [-0.39, 0.29) is 18.1 Å². The molecule has 0 radical (unpaired) electrons. The number of aromatic carboxylic acids is 1. The second kappa shape index (κ2) is 8.16. The minimum absolute atomic E-state index is 0.117. The van der Waals surface area contributed by atoms with Gasteiger partial charge in [-0.25, -0.2) is 4.79 Å². The fourth-order valence-corrected chi connectivity index (χ4v) is 1.56. The number of benzene rings is 1. The molecule has 0 saturated carbocycles. The summed E-state index contributed by atoms with van der Waals surface area (Å²) < 4.78 is 10.2. The van der Waals surface area contributed by atoms with Crippen LogP contribution in [0.3, 0.4) is 0 Å². The van der Waals surface area contributed by atoms with Crippen molar-refractivity contribution in [3.63, 3.8) is 0 Å². The molecule has 1 unspecified atom stereocenters. The highest BCUT2D eigenvalue weighted by atomic mass is 16.5. The van der Waals surface area contributed by atoms with Crippen LogP contribution in [0.1, 0.15) is 24.2 Å². The molecule has 1 aromatic carbocycles. The molecule has 0 aliphatic heterocycles. The van der Waals surface area contributed by atoms with Gasteiger partial charge in [0.25, 0.3) is 0 Å². The summed E-state index contributed by atoms with van der Waals surface area (Å²) in [5, 5.41) is 11.9. The number of carbonyl (C=O) groups excluding carboxylic acids is 1. The van der Waals surface area contributed by atoms with Crippen LogP contribution in [0.2, 0.25) is 0 Å². The largest absolute Gasteiger partial charge is 0.491 e. The van der Waals surface area contributed by atoms with E-state index in [1.165, 1.54) is 6.07 Å². The first kappa shape index (κ1) is 16.0. The lowest BCUT2D eigenvalue weighted by molar-refractivity contribution is -0.145. The summed E-state index contributed by atoms with van der Waals surface area (Å²) in [6.45, 7) is 4.45. The molecule has 0 amide bonds. The van der Waals surface area contributed by atoms with E-state index in [2.05, 4.69) is 5.32 Å². The number of hydrogen-bond donors (Lipinski definition) is 2. The van der Waals surface area contributed by atoms with Crippen molar-refractivity contribution < 1.29 is 24.2 Å². The summed E-state index contributed by atoms with van der Waals surface area (Å²) in [4.78, 5) is 22.3. The van der Waals surface area contributed by atoms with E-state index in [1.54, 1.807) is 32.0 Å². The van der Waals surface area contributed by atoms with Gasteiger partial charge in [-0.2, -0.15) is 0 Å². The third-order valence-electron chi connectivity index (χ3n) is 2.57. The van der Waals surface area contributed by atoms with Gasteiger partial charge in [-0.1, -0.05) is 12.1 Å². The van der Waals surface area contributed by atoms with Gasteiger partial charge in [0, 0.05) is 6.54 Å². The van der Waals surface area contributed by atoms with E-state index in [4.69, 9.17) is 14.6 Å². The SMILES string of the molecule is CCOC(=O)C(C)NCCOc1ccccc1C(=O)O. The maximum atomic E-state index is 11.3. The van der Waals surface area contributed by atoms with Crippen LogP contribution in [0.15, 0.2) is 24.3 Å². The van der Waals surface area contributed by atoms with Gasteiger partial charge in [0.2, 0.25) is 0 Å². The monoisotopic (exact) mass is 281 g/mol. The molecular formula is C14H19NO5. The first-order chi connectivity index (χ1) is 9.56. The van der Waals surface area contributed by atoms with Gasteiger partial charge in [0.1, 0.15) is 24.0 Å². The van der Waals surface area contributed by atoms with Crippen LogP contribution >= 0.6 is 0 Å². The Morgan fingerprint density at radius 3 is 2.70 bits per heavy atom. The molecule has 0 spiro atoms. The Hall–Kier alpha value is -2.08. The van der Waals surface area contributed by atoms with Crippen molar-refractivity contribution in [2.75, 3.05) is 19.8 Å². The number of hydrogen-bond acceptors (Lipinski definition) is 5. The Morgan fingerprint density at radius 2 is 2.05 bits per heavy atom. The Bertz CT molecular complexity index is 461. The van der Waals surface area contributed by atoms with Crippen molar-refractivity contribution in [2.24, 2.45) is 0 Å². The Balaban J connectivity index is 2.38. The Kier molecular flexibility index (Phi) is 6.52. The number of nitrogens with one attached hydrogen (secondary N) is 1. The number of carboxylic acid groups (broad SMARTS) is 1. The number of carboxylic acids is 1. The molecule has 0 aliphatic rings. The molecule has 0 aromatic heterocycles. The van der Waals surface area contributed by atoms with Crippen molar-refractivity contribution >= 4 is 11.9 Å². The maximum Gasteiger partial charge on any atom is 0.339 e. The van der Waals surface area contributed by atoms with Gasteiger partial charge in [-0.05, 0) is 26.0 Å². The Morgan fingerprint density at radius 1 is 1.35 bits per heavy atom. The second-order valence-corrected chi connectivity index (χ2v) is 4.08. The first-order valence-electron chi connectivity index (χ1n) is 6.41. The summed E-state index contributed by atoms with van der Waals surface area (Å²) in [7, 11) is 0. The minimum Gasteiger partial charge on any atom is -0.491 e. The highest BCUT2D eigenvalue weighted by Crippen LogP contribution is 2.17. The van der Waals surface area contributed by atoms with Gasteiger partial charge < -0.3 is 19.9 Å². The van der Waals surface area contributed by atoms with Gasteiger partial charge in [-0.15, -0.1) is 0 Å². The first-order valence-corrected chi connectivity index (χ1v) is 6.41. The zero-order chi connectivity index (χ0) is 15.0. The lowest BCUT2D eigenvalue weighted by atomic mass is 10.2. The predicted molar refractivity (Wildman–Crippen MR) is 73.0 cm³/mol. The molecule has 6 heteroatoms. The molecule has 6 nitrogen and oxygen atoms in total. The van der Waals surface area contributed by atoms with Crippen LogP contribution in [0.25, 0.3) is 0 Å². The molecule has 110 valence electrons. The van der Waals surface area contributed by atoms with Gasteiger partial charge in [-0.3, -0.25) is 4.79 Å². The Labute approximate surface area is 117 Å². The summed E-state index contributed by atoms with van der Waals surface area (Å²) in [6, 6.07) is 5.99. The van der Waals surface area contributed by atoms with Gasteiger partial charge >= 0.3 is 11.9 Å². The van der Waals surface area contributed by atoms with E-state index in [9.17, 15) is 9.59 Å². The van der Waals surface area contributed by atoms with E-state index < -0.39 is 12.0 Å². The highest BCUT2D eigenvalue weighted by molar-refractivity contribution is 5.90. The fourth-order valence-electron chi connectivity index (χ4n) is 1.56. The molecule has 20 heavy (non-hydrogen) atoms. The molecule has 0 fully saturated rings. The van der Waals surface area contributed by atoms with Crippen LogP contribution < -0.4 is 10.1 Å². The lowest BCUT2D eigenvalue weighted by Crippen LogP contribution is -2.37. The molecule has 1 atom stereocenters. The highest BCUT2D eigenvalue weighted by Gasteiger charge is 2.13. The van der Waals surface area contributed by atoms with Crippen molar-refractivity contribution in [3.05, 3.63) is 29.8 Å². The molecule has 0 heterocycles. The van der Waals surface area contributed by atoms with Gasteiger partial charge in [0.15, 0.2) is 0 Å². The van der Waals surface area contributed by atoms with E-state index in [0.29, 0.717) is 18.9 Å². The number of rotatable bonds is 8. The van der Waals surface area contributed by atoms with E-state index in [1.807, 2.05) is 0 Å². The van der Waals surface area contributed by atoms with Crippen molar-refractivity contribution in [3.8, 4) is 5.75 Å². The molecule has 0 saturated heterocycles. The summed E-state index contributed by atoms with van der Waals surface area (Å²) in [5.74, 6) is -1.04. The van der Waals surface area contributed by atoms with Crippen LogP contribution in [-0.2, 0) is 9.53 Å². The fraction of sp³-hybridized carbons (Fsp3) is 0.429. The zero-order valence-corrected chi connectivity index (χ0v) is 11.6. The molecule has 0 bridgehead atoms. The van der Waals surface area contributed by atoms with Crippen molar-refractivity contribution in [1.82, 2.24) is 5.32 Å². The molecular weight excluding hydrogens is 262 g/mol. The number of ether oxygens (including phenoxy) is 2. The smallest absolute Gasteiger partial charge is 0.339 e. The minimum atomic E-state index is -1.03. The average molecular weight is 281 g/mol. The summed E-state index contributed by atoms with van der Waals surface area (Å²) in [6.07, 6.45) is 0. The van der Waals surface area contributed by atoms with Crippen molar-refractivity contribution in [1.29, 1.82) is 0 Å². The van der Waals surface area contributed by atoms with Crippen LogP contribution in [0.4, 0.5) is 0 Å². The number of esters is 1. The molecule has 1 aromatic rings. The average Bonchev–Trinajstić information content (AvgIpc) is 2.43. The molecule has 0 aliphatic carbocycles. The van der Waals surface area contributed by atoms with Crippen LogP contribution in [0.5, 0.6) is 5.75 Å². The third kappa shape index (κ3) is 4.89. The summed E-state index contributed by atoms with van der Waals surface area (Å²) in [5.41, 5.74) is 0.117.